The number of piperidine rings is 1. The summed E-state index contributed by atoms with van der Waals surface area (Å²) in [5.74, 6) is 0.0430. The zero-order valence-corrected chi connectivity index (χ0v) is 12.1. The van der Waals surface area contributed by atoms with Crippen molar-refractivity contribution in [2.24, 2.45) is 5.92 Å². The number of halogens is 1. The van der Waals surface area contributed by atoms with E-state index in [2.05, 4.69) is 5.32 Å². The van der Waals surface area contributed by atoms with Crippen LogP contribution in [0.1, 0.15) is 18.4 Å². The summed E-state index contributed by atoms with van der Waals surface area (Å²) in [6, 6.07) is 5.97. The van der Waals surface area contributed by atoms with E-state index < -0.39 is 10.0 Å². The first-order valence-corrected chi connectivity index (χ1v) is 8.61. The van der Waals surface area contributed by atoms with Crippen LogP contribution in [0.4, 0.5) is 4.39 Å². The van der Waals surface area contributed by atoms with Crippen molar-refractivity contribution < 1.29 is 12.8 Å². The average molecular weight is 298 g/mol. The molecule has 2 aliphatic rings. The topological polar surface area (TPSA) is 49.4 Å². The molecule has 20 heavy (non-hydrogen) atoms. The minimum Gasteiger partial charge on any atom is -0.312 e. The highest BCUT2D eigenvalue weighted by Crippen LogP contribution is 2.27. The second-order valence-corrected chi connectivity index (χ2v) is 7.63. The Balaban J connectivity index is 1.71. The van der Waals surface area contributed by atoms with Crippen molar-refractivity contribution in [3.63, 3.8) is 0 Å². The molecule has 1 N–H and O–H groups in total. The van der Waals surface area contributed by atoms with Gasteiger partial charge in [0, 0.05) is 19.1 Å². The first kappa shape index (κ1) is 14.0. The number of nitrogens with one attached hydrogen (secondary N) is 1. The minimum atomic E-state index is -3.31. The van der Waals surface area contributed by atoms with E-state index in [4.69, 9.17) is 0 Å². The Bertz CT molecular complexity index is 559. The summed E-state index contributed by atoms with van der Waals surface area (Å²) >= 11 is 0. The Kier molecular flexibility index (Phi) is 3.79. The van der Waals surface area contributed by atoms with E-state index in [0.29, 0.717) is 30.6 Å². The van der Waals surface area contributed by atoms with Gasteiger partial charge < -0.3 is 5.32 Å². The summed E-state index contributed by atoms with van der Waals surface area (Å²) < 4.78 is 39.3. The smallest absolute Gasteiger partial charge is 0.218 e. The minimum absolute atomic E-state index is 0.0489. The van der Waals surface area contributed by atoms with Gasteiger partial charge in [-0.1, -0.05) is 12.1 Å². The van der Waals surface area contributed by atoms with Crippen molar-refractivity contribution in [3.8, 4) is 0 Å². The molecule has 0 radical (unpaired) electrons. The Labute approximate surface area is 119 Å². The lowest BCUT2D eigenvalue weighted by molar-refractivity contribution is 0.339. The summed E-state index contributed by atoms with van der Waals surface area (Å²) in [4.78, 5) is 0. The fourth-order valence-electron chi connectivity index (χ4n) is 3.12. The predicted octanol–water partition coefficient (Wildman–Crippen LogP) is 1.34. The van der Waals surface area contributed by atoms with Crippen molar-refractivity contribution in [1.29, 1.82) is 0 Å². The molecule has 2 aliphatic heterocycles. The van der Waals surface area contributed by atoms with E-state index in [0.717, 1.165) is 19.4 Å². The zero-order chi connectivity index (χ0) is 14.2. The first-order chi connectivity index (χ1) is 9.54. The Morgan fingerprint density at radius 2 is 2.00 bits per heavy atom. The molecule has 2 unspecified atom stereocenters. The number of nitrogens with zero attached hydrogens (tertiary/aromatic N) is 1. The summed E-state index contributed by atoms with van der Waals surface area (Å²) in [6.45, 7) is 2.16. The fourth-order valence-corrected chi connectivity index (χ4v) is 4.72. The molecule has 3 rings (SSSR count). The van der Waals surface area contributed by atoms with Gasteiger partial charge in [-0.25, -0.2) is 12.8 Å². The largest absolute Gasteiger partial charge is 0.312 e. The molecule has 1 aromatic carbocycles. The summed E-state index contributed by atoms with van der Waals surface area (Å²) in [5, 5.41) is 3.40. The molecular formula is C14H19FN2O2S. The van der Waals surface area contributed by atoms with Crippen molar-refractivity contribution in [2.45, 2.75) is 24.6 Å². The van der Waals surface area contributed by atoms with Crippen LogP contribution in [-0.4, -0.2) is 38.4 Å². The molecule has 0 aromatic heterocycles. The lowest BCUT2D eigenvalue weighted by atomic mass is 9.94. The predicted molar refractivity (Wildman–Crippen MR) is 75.1 cm³/mol. The molecule has 2 fully saturated rings. The van der Waals surface area contributed by atoms with Crippen LogP contribution in [0.15, 0.2) is 24.3 Å². The van der Waals surface area contributed by atoms with E-state index in [1.54, 1.807) is 4.31 Å². The maximum atomic E-state index is 12.9. The first-order valence-electron chi connectivity index (χ1n) is 7.00. The number of benzene rings is 1. The van der Waals surface area contributed by atoms with Gasteiger partial charge in [0.25, 0.3) is 0 Å². The van der Waals surface area contributed by atoms with Crippen LogP contribution in [0.2, 0.25) is 0 Å². The Morgan fingerprint density at radius 3 is 2.70 bits per heavy atom. The third-order valence-corrected chi connectivity index (χ3v) is 6.00. The molecule has 0 bridgehead atoms. The quantitative estimate of drug-likeness (QED) is 0.916. The van der Waals surface area contributed by atoms with Crippen LogP contribution in [0.3, 0.4) is 0 Å². The molecule has 0 aliphatic carbocycles. The molecule has 110 valence electrons. The van der Waals surface area contributed by atoms with Crippen LogP contribution in [0.25, 0.3) is 0 Å². The highest BCUT2D eigenvalue weighted by atomic mass is 32.2. The van der Waals surface area contributed by atoms with Crippen LogP contribution < -0.4 is 5.32 Å². The molecule has 1 aromatic rings. The molecule has 0 saturated carbocycles. The maximum Gasteiger partial charge on any atom is 0.218 e. The van der Waals surface area contributed by atoms with E-state index in [1.165, 1.54) is 24.3 Å². The van der Waals surface area contributed by atoms with E-state index >= 15 is 0 Å². The van der Waals surface area contributed by atoms with Crippen molar-refractivity contribution in [2.75, 3.05) is 19.6 Å². The molecule has 2 saturated heterocycles. The second kappa shape index (κ2) is 5.42. The number of hydrogen-bond acceptors (Lipinski definition) is 3. The van der Waals surface area contributed by atoms with Gasteiger partial charge in [-0.05, 0) is 43.0 Å². The van der Waals surface area contributed by atoms with Gasteiger partial charge in [-0.15, -0.1) is 0 Å². The molecule has 6 heteroatoms. The normalized spacial score (nSPS) is 27.4. The van der Waals surface area contributed by atoms with Gasteiger partial charge in [0.1, 0.15) is 5.82 Å². The lowest BCUT2D eigenvalue weighted by Gasteiger charge is -2.24. The van der Waals surface area contributed by atoms with Crippen molar-refractivity contribution in [1.82, 2.24) is 9.62 Å². The maximum absolute atomic E-state index is 12.9. The monoisotopic (exact) mass is 298 g/mol. The third-order valence-electron chi connectivity index (χ3n) is 4.22. The average Bonchev–Trinajstić information content (AvgIpc) is 2.86. The molecule has 0 amide bonds. The van der Waals surface area contributed by atoms with E-state index in [-0.39, 0.29) is 11.6 Å². The SMILES string of the molecule is O=S(=O)(Cc1ccc(F)cc1)N1CC2CCCNC2C1. The number of sulfonamides is 1. The molecule has 4 nitrogen and oxygen atoms in total. The second-order valence-electron chi connectivity index (χ2n) is 5.66. The van der Waals surface area contributed by atoms with Gasteiger partial charge in [0.15, 0.2) is 0 Å². The standard InChI is InChI=1S/C14H19FN2O2S/c15-13-5-3-11(4-6-13)10-20(18,19)17-8-12-2-1-7-16-14(12)9-17/h3-6,12,14,16H,1-2,7-10H2. The van der Waals surface area contributed by atoms with Crippen molar-refractivity contribution in [3.05, 3.63) is 35.6 Å². The van der Waals surface area contributed by atoms with Crippen LogP contribution in [-0.2, 0) is 15.8 Å². The fraction of sp³-hybridized carbons (Fsp3) is 0.571. The third kappa shape index (κ3) is 2.87. The lowest BCUT2D eigenvalue weighted by Crippen LogP contribution is -2.41. The number of hydrogen-bond donors (Lipinski definition) is 1. The summed E-state index contributed by atoms with van der Waals surface area (Å²) in [7, 11) is -3.31. The summed E-state index contributed by atoms with van der Waals surface area (Å²) in [5.41, 5.74) is 0.634. The van der Waals surface area contributed by atoms with Gasteiger partial charge >= 0.3 is 0 Å². The zero-order valence-electron chi connectivity index (χ0n) is 11.3. The molecule has 2 atom stereocenters. The highest BCUT2D eigenvalue weighted by Gasteiger charge is 2.39. The number of fused-ring (bicyclic) bond motifs is 1. The van der Waals surface area contributed by atoms with E-state index in [1.807, 2.05) is 0 Å². The van der Waals surface area contributed by atoms with Gasteiger partial charge in [0.2, 0.25) is 10.0 Å². The van der Waals surface area contributed by atoms with Gasteiger partial charge in [-0.2, -0.15) is 4.31 Å². The van der Waals surface area contributed by atoms with Gasteiger partial charge in [-0.3, -0.25) is 0 Å². The van der Waals surface area contributed by atoms with Crippen molar-refractivity contribution >= 4 is 10.0 Å². The van der Waals surface area contributed by atoms with Crippen LogP contribution in [0, 0.1) is 11.7 Å². The Morgan fingerprint density at radius 1 is 1.25 bits per heavy atom. The van der Waals surface area contributed by atoms with E-state index in [9.17, 15) is 12.8 Å². The molecular weight excluding hydrogens is 279 g/mol. The Hall–Kier alpha value is -0.980. The van der Waals surface area contributed by atoms with Gasteiger partial charge in [0.05, 0.1) is 5.75 Å². The molecule has 2 heterocycles. The van der Waals surface area contributed by atoms with Crippen LogP contribution >= 0.6 is 0 Å². The number of rotatable bonds is 3. The van der Waals surface area contributed by atoms with Crippen LogP contribution in [0.5, 0.6) is 0 Å². The summed E-state index contributed by atoms with van der Waals surface area (Å²) in [6.07, 6.45) is 2.22. The highest BCUT2D eigenvalue weighted by molar-refractivity contribution is 7.88. The molecule has 0 spiro atoms.